The van der Waals surface area contributed by atoms with Crippen LogP contribution in [0, 0.1) is 0 Å². The van der Waals surface area contributed by atoms with Crippen molar-refractivity contribution in [1.82, 2.24) is 25.0 Å². The molecule has 0 unspecified atom stereocenters. The van der Waals surface area contributed by atoms with Gasteiger partial charge in [-0.2, -0.15) is 9.67 Å². The molecule has 0 aliphatic carbocycles. The Morgan fingerprint density at radius 2 is 2.16 bits per heavy atom. The molecule has 2 heterocycles. The van der Waals surface area contributed by atoms with Crippen molar-refractivity contribution < 1.29 is 0 Å². The Kier molecular flexibility index (Phi) is 3.00. The minimum Gasteiger partial charge on any atom is -0.354 e. The molecule has 0 spiro atoms. The van der Waals surface area contributed by atoms with Crippen molar-refractivity contribution in [2.75, 3.05) is 11.9 Å². The normalized spacial score (nSPS) is 10.8. The van der Waals surface area contributed by atoms with E-state index < -0.39 is 0 Å². The second-order valence-electron chi connectivity index (χ2n) is 3.89. The number of para-hydroxylation sites is 1. The molecular weight excluding hydrogens is 264 g/mol. The van der Waals surface area contributed by atoms with Gasteiger partial charge in [-0.25, -0.2) is 4.98 Å². The first-order valence-corrected chi connectivity index (χ1v) is 6.24. The number of halogens is 1. The maximum atomic E-state index is 6.15. The Labute approximate surface area is 114 Å². The quantitative estimate of drug-likeness (QED) is 0.794. The van der Waals surface area contributed by atoms with Crippen LogP contribution in [0.5, 0.6) is 0 Å². The minimum atomic E-state index is 0.428. The van der Waals surface area contributed by atoms with Crippen molar-refractivity contribution in [2.24, 2.45) is 0 Å². The zero-order valence-corrected chi connectivity index (χ0v) is 11.0. The Morgan fingerprint density at radius 1 is 1.32 bits per heavy atom. The molecule has 1 N–H and O–H groups in total. The van der Waals surface area contributed by atoms with Crippen LogP contribution in [0.25, 0.3) is 16.9 Å². The van der Waals surface area contributed by atoms with Gasteiger partial charge in [-0.1, -0.05) is 28.9 Å². The Bertz CT molecular complexity index is 723. The molecule has 6 nitrogen and oxygen atoms in total. The average molecular weight is 275 g/mol. The number of benzene rings is 1. The Hall–Kier alpha value is -2.21. The largest absolute Gasteiger partial charge is 0.354 e. The summed E-state index contributed by atoms with van der Waals surface area (Å²) >= 11 is 6.15. The smallest absolute Gasteiger partial charge is 0.224 e. The van der Waals surface area contributed by atoms with E-state index in [4.69, 9.17) is 11.6 Å². The van der Waals surface area contributed by atoms with E-state index in [1.165, 1.54) is 0 Å². The number of anilines is 1. The monoisotopic (exact) mass is 274 g/mol. The summed E-state index contributed by atoms with van der Waals surface area (Å²) in [5.74, 6) is 1.03. The standard InChI is InChI=1S/C12H11ClN6/c1-2-14-12-15-7-8(13)11(16-12)19-10-6-4-3-5-9(10)17-18-19/h3-7H,2H2,1H3,(H,14,15,16). The van der Waals surface area contributed by atoms with Gasteiger partial charge < -0.3 is 5.32 Å². The highest BCUT2D eigenvalue weighted by molar-refractivity contribution is 6.32. The van der Waals surface area contributed by atoms with Crippen molar-refractivity contribution in [3.63, 3.8) is 0 Å². The fourth-order valence-electron chi connectivity index (χ4n) is 1.78. The van der Waals surface area contributed by atoms with Gasteiger partial charge in [-0.05, 0) is 19.1 Å². The van der Waals surface area contributed by atoms with Crippen LogP contribution in [0.2, 0.25) is 5.02 Å². The number of nitrogens with one attached hydrogen (secondary N) is 1. The first-order valence-electron chi connectivity index (χ1n) is 5.87. The zero-order chi connectivity index (χ0) is 13.2. The first kappa shape index (κ1) is 11.9. The Morgan fingerprint density at radius 3 is 3.00 bits per heavy atom. The second-order valence-corrected chi connectivity index (χ2v) is 4.29. The summed E-state index contributed by atoms with van der Waals surface area (Å²) in [4.78, 5) is 8.46. The van der Waals surface area contributed by atoms with Crippen LogP contribution in [0.15, 0.2) is 30.5 Å². The van der Waals surface area contributed by atoms with Crippen molar-refractivity contribution in [1.29, 1.82) is 0 Å². The van der Waals surface area contributed by atoms with E-state index in [1.54, 1.807) is 10.9 Å². The summed E-state index contributed by atoms with van der Waals surface area (Å²) in [7, 11) is 0. The van der Waals surface area contributed by atoms with Gasteiger partial charge in [0.25, 0.3) is 0 Å². The van der Waals surface area contributed by atoms with Crippen LogP contribution < -0.4 is 5.32 Å². The van der Waals surface area contributed by atoms with Gasteiger partial charge >= 0.3 is 0 Å². The third kappa shape index (κ3) is 2.10. The Balaban J connectivity index is 2.17. The van der Waals surface area contributed by atoms with E-state index in [-0.39, 0.29) is 0 Å². The third-order valence-electron chi connectivity index (χ3n) is 2.61. The maximum Gasteiger partial charge on any atom is 0.224 e. The highest BCUT2D eigenvalue weighted by Gasteiger charge is 2.12. The lowest BCUT2D eigenvalue weighted by Crippen LogP contribution is -2.07. The van der Waals surface area contributed by atoms with Crippen LogP contribution in [-0.4, -0.2) is 31.5 Å². The van der Waals surface area contributed by atoms with Crippen LogP contribution in [0.3, 0.4) is 0 Å². The fraction of sp³-hybridized carbons (Fsp3) is 0.167. The minimum absolute atomic E-state index is 0.428. The fourth-order valence-corrected chi connectivity index (χ4v) is 1.95. The molecule has 0 fully saturated rings. The molecule has 0 aliphatic rings. The highest BCUT2D eigenvalue weighted by Crippen LogP contribution is 2.21. The van der Waals surface area contributed by atoms with E-state index in [0.717, 1.165) is 17.6 Å². The van der Waals surface area contributed by atoms with Gasteiger partial charge in [0.1, 0.15) is 10.5 Å². The molecule has 96 valence electrons. The number of aromatic nitrogens is 5. The molecule has 2 aromatic heterocycles. The van der Waals surface area contributed by atoms with Crippen molar-refractivity contribution in [3.8, 4) is 5.82 Å². The number of nitrogens with zero attached hydrogens (tertiary/aromatic N) is 5. The molecule has 0 saturated heterocycles. The van der Waals surface area contributed by atoms with Gasteiger partial charge in [0.05, 0.1) is 11.7 Å². The SMILES string of the molecule is CCNc1ncc(Cl)c(-n2nnc3ccccc32)n1. The molecule has 0 saturated carbocycles. The lowest BCUT2D eigenvalue weighted by Gasteiger charge is -2.06. The molecule has 1 aromatic carbocycles. The number of fused-ring (bicyclic) bond motifs is 1. The average Bonchev–Trinajstić information content (AvgIpc) is 2.85. The predicted molar refractivity (Wildman–Crippen MR) is 73.6 cm³/mol. The van der Waals surface area contributed by atoms with E-state index in [9.17, 15) is 0 Å². The third-order valence-corrected chi connectivity index (χ3v) is 2.88. The summed E-state index contributed by atoms with van der Waals surface area (Å²) in [6.45, 7) is 2.71. The zero-order valence-electron chi connectivity index (χ0n) is 10.2. The van der Waals surface area contributed by atoms with Gasteiger partial charge in [-0.15, -0.1) is 5.10 Å². The molecule has 0 radical (unpaired) electrons. The molecule has 0 amide bonds. The molecule has 0 aliphatic heterocycles. The summed E-state index contributed by atoms with van der Waals surface area (Å²) in [5.41, 5.74) is 1.65. The second kappa shape index (κ2) is 4.81. The first-order chi connectivity index (χ1) is 9.29. The molecule has 7 heteroatoms. The highest BCUT2D eigenvalue weighted by atomic mass is 35.5. The van der Waals surface area contributed by atoms with Gasteiger partial charge in [0.2, 0.25) is 5.95 Å². The lowest BCUT2D eigenvalue weighted by molar-refractivity contribution is 0.797. The number of rotatable bonds is 3. The number of hydrogen-bond donors (Lipinski definition) is 1. The molecule has 3 aromatic rings. The van der Waals surface area contributed by atoms with Crippen molar-refractivity contribution >= 4 is 28.6 Å². The van der Waals surface area contributed by atoms with E-state index in [1.807, 2.05) is 31.2 Å². The maximum absolute atomic E-state index is 6.15. The van der Waals surface area contributed by atoms with Crippen molar-refractivity contribution in [3.05, 3.63) is 35.5 Å². The predicted octanol–water partition coefficient (Wildman–Crippen LogP) is 2.30. The van der Waals surface area contributed by atoms with Crippen LogP contribution in [0.4, 0.5) is 5.95 Å². The van der Waals surface area contributed by atoms with E-state index >= 15 is 0 Å². The van der Waals surface area contributed by atoms with Gasteiger partial charge in [0.15, 0.2) is 5.82 Å². The van der Waals surface area contributed by atoms with Crippen molar-refractivity contribution in [2.45, 2.75) is 6.92 Å². The molecule has 0 atom stereocenters. The van der Waals surface area contributed by atoms with Gasteiger partial charge in [0, 0.05) is 6.54 Å². The molecule has 3 rings (SSSR count). The lowest BCUT2D eigenvalue weighted by atomic mass is 10.3. The van der Waals surface area contributed by atoms with Crippen LogP contribution in [-0.2, 0) is 0 Å². The molecule has 19 heavy (non-hydrogen) atoms. The summed E-state index contributed by atoms with van der Waals surface area (Å²) < 4.78 is 1.61. The van der Waals surface area contributed by atoms with E-state index in [2.05, 4.69) is 25.6 Å². The summed E-state index contributed by atoms with van der Waals surface area (Å²) in [6, 6.07) is 7.63. The van der Waals surface area contributed by atoms with Gasteiger partial charge in [-0.3, -0.25) is 0 Å². The molecular formula is C12H11ClN6. The van der Waals surface area contributed by atoms with Crippen LogP contribution >= 0.6 is 11.6 Å². The molecule has 0 bridgehead atoms. The summed E-state index contributed by atoms with van der Waals surface area (Å²) in [5, 5.41) is 11.6. The number of hydrogen-bond acceptors (Lipinski definition) is 5. The van der Waals surface area contributed by atoms with Crippen LogP contribution in [0.1, 0.15) is 6.92 Å². The summed E-state index contributed by atoms with van der Waals surface area (Å²) in [6.07, 6.45) is 1.55. The topological polar surface area (TPSA) is 68.5 Å². The van der Waals surface area contributed by atoms with E-state index in [0.29, 0.717) is 16.8 Å².